The average molecular weight is 361 g/mol. The van der Waals surface area contributed by atoms with Crippen molar-refractivity contribution in [3.63, 3.8) is 0 Å². The van der Waals surface area contributed by atoms with Crippen LogP contribution in [0.3, 0.4) is 0 Å². The number of hydrogen-bond donors (Lipinski definition) is 2. The van der Waals surface area contributed by atoms with E-state index in [-0.39, 0.29) is 23.1 Å². The number of aryl methyl sites for hydroxylation is 2. The van der Waals surface area contributed by atoms with Crippen molar-refractivity contribution in [2.24, 2.45) is 5.41 Å². The van der Waals surface area contributed by atoms with Gasteiger partial charge in [0.2, 0.25) is 0 Å². The van der Waals surface area contributed by atoms with E-state index >= 15 is 0 Å². The first-order valence-corrected chi connectivity index (χ1v) is 9.28. The lowest BCUT2D eigenvalue weighted by Crippen LogP contribution is -2.41. The SMILES string of the molecule is Cc1cc(C)c2nc(Cl)c(C(=O)NCC3(CO)CCCCC3)cc2c1. The lowest BCUT2D eigenvalue weighted by Gasteiger charge is -2.35. The Kier molecular flexibility index (Phi) is 5.30. The van der Waals surface area contributed by atoms with Crippen LogP contribution in [-0.2, 0) is 0 Å². The normalized spacial score (nSPS) is 16.8. The predicted molar refractivity (Wildman–Crippen MR) is 101 cm³/mol. The highest BCUT2D eigenvalue weighted by atomic mass is 35.5. The highest BCUT2D eigenvalue weighted by Gasteiger charge is 2.32. The molecule has 0 spiro atoms. The van der Waals surface area contributed by atoms with Gasteiger partial charge in [0.1, 0.15) is 5.15 Å². The molecule has 1 fully saturated rings. The largest absolute Gasteiger partial charge is 0.396 e. The zero-order valence-electron chi connectivity index (χ0n) is 14.9. The molecule has 0 unspecified atom stereocenters. The third-order valence-corrected chi connectivity index (χ3v) is 5.61. The van der Waals surface area contributed by atoms with Gasteiger partial charge in [-0.3, -0.25) is 4.79 Å². The second-order valence-electron chi connectivity index (χ2n) is 7.38. The molecule has 1 aromatic carbocycles. The lowest BCUT2D eigenvalue weighted by atomic mass is 9.74. The summed E-state index contributed by atoms with van der Waals surface area (Å²) in [6, 6.07) is 5.88. The van der Waals surface area contributed by atoms with Gasteiger partial charge in [-0.25, -0.2) is 4.98 Å². The molecule has 25 heavy (non-hydrogen) atoms. The number of fused-ring (bicyclic) bond motifs is 1. The molecule has 1 heterocycles. The molecule has 3 rings (SSSR count). The number of carbonyl (C=O) groups excluding carboxylic acids is 1. The minimum atomic E-state index is -0.225. The van der Waals surface area contributed by atoms with Gasteiger partial charge in [-0.2, -0.15) is 0 Å². The molecular weight excluding hydrogens is 336 g/mol. The Morgan fingerprint density at radius 1 is 1.24 bits per heavy atom. The molecule has 4 nitrogen and oxygen atoms in total. The van der Waals surface area contributed by atoms with E-state index in [1.807, 2.05) is 26.0 Å². The maximum absolute atomic E-state index is 12.7. The van der Waals surface area contributed by atoms with Gasteiger partial charge < -0.3 is 10.4 Å². The Bertz CT molecular complexity index is 798. The molecular formula is C20H25ClN2O2. The zero-order valence-corrected chi connectivity index (χ0v) is 15.6. The molecule has 5 heteroatoms. The summed E-state index contributed by atoms with van der Waals surface area (Å²) in [6.07, 6.45) is 5.31. The number of carbonyl (C=O) groups is 1. The van der Waals surface area contributed by atoms with Gasteiger partial charge in [0, 0.05) is 17.3 Å². The third-order valence-electron chi connectivity index (χ3n) is 5.32. The van der Waals surface area contributed by atoms with Crippen molar-refractivity contribution < 1.29 is 9.90 Å². The number of aliphatic hydroxyl groups is 1. The summed E-state index contributed by atoms with van der Waals surface area (Å²) in [5.41, 5.74) is 3.19. The van der Waals surface area contributed by atoms with Crippen LogP contribution in [-0.4, -0.2) is 29.1 Å². The number of aliphatic hydroxyl groups excluding tert-OH is 1. The third kappa shape index (κ3) is 3.80. The van der Waals surface area contributed by atoms with Crippen LogP contribution in [0.1, 0.15) is 53.6 Å². The van der Waals surface area contributed by atoms with Gasteiger partial charge in [-0.1, -0.05) is 42.5 Å². The molecule has 2 aromatic rings. The fourth-order valence-electron chi connectivity index (χ4n) is 3.84. The summed E-state index contributed by atoms with van der Waals surface area (Å²) in [6.45, 7) is 4.60. The van der Waals surface area contributed by atoms with E-state index in [4.69, 9.17) is 11.6 Å². The van der Waals surface area contributed by atoms with Gasteiger partial charge in [-0.15, -0.1) is 0 Å². The first-order valence-electron chi connectivity index (χ1n) is 8.91. The van der Waals surface area contributed by atoms with Gasteiger partial charge >= 0.3 is 0 Å². The minimum Gasteiger partial charge on any atom is -0.396 e. The standard InChI is InChI=1S/C20H25ClN2O2/c1-13-8-14(2)17-15(9-13)10-16(18(21)23-17)19(25)22-11-20(12-24)6-4-3-5-7-20/h8-10,24H,3-7,11-12H2,1-2H3,(H,22,25). The quantitative estimate of drug-likeness (QED) is 0.804. The number of nitrogens with one attached hydrogen (secondary N) is 1. The molecule has 0 bridgehead atoms. The fourth-order valence-corrected chi connectivity index (χ4v) is 4.07. The van der Waals surface area contributed by atoms with E-state index in [1.165, 1.54) is 6.42 Å². The van der Waals surface area contributed by atoms with Gasteiger partial charge in [0.15, 0.2) is 0 Å². The summed E-state index contributed by atoms with van der Waals surface area (Å²) < 4.78 is 0. The number of pyridine rings is 1. The van der Waals surface area contributed by atoms with Crippen LogP contribution in [0.2, 0.25) is 5.15 Å². The maximum atomic E-state index is 12.7. The Hall–Kier alpha value is -1.65. The number of nitrogens with zero attached hydrogens (tertiary/aromatic N) is 1. The summed E-state index contributed by atoms with van der Waals surface area (Å²) in [4.78, 5) is 17.1. The molecule has 1 amide bonds. The topological polar surface area (TPSA) is 62.2 Å². The zero-order chi connectivity index (χ0) is 18.0. The van der Waals surface area contributed by atoms with Crippen molar-refractivity contribution in [1.29, 1.82) is 0 Å². The Morgan fingerprint density at radius 2 is 1.96 bits per heavy atom. The number of amides is 1. The van der Waals surface area contributed by atoms with Crippen LogP contribution < -0.4 is 5.32 Å². The van der Waals surface area contributed by atoms with Gasteiger partial charge in [-0.05, 0) is 44.4 Å². The van der Waals surface area contributed by atoms with Crippen LogP contribution in [0, 0.1) is 19.3 Å². The van der Waals surface area contributed by atoms with Gasteiger partial charge in [0.05, 0.1) is 17.7 Å². The summed E-state index contributed by atoms with van der Waals surface area (Å²) in [7, 11) is 0. The molecule has 134 valence electrons. The average Bonchev–Trinajstić information content (AvgIpc) is 2.60. The first-order chi connectivity index (χ1) is 11.9. The summed E-state index contributed by atoms with van der Waals surface area (Å²) >= 11 is 6.28. The Labute approximate surface area is 153 Å². The van der Waals surface area contributed by atoms with E-state index in [0.717, 1.165) is 47.7 Å². The summed E-state index contributed by atoms with van der Waals surface area (Å²) in [5, 5.41) is 13.9. The molecule has 1 saturated carbocycles. The molecule has 1 aliphatic rings. The number of aromatic nitrogens is 1. The number of rotatable bonds is 4. The minimum absolute atomic E-state index is 0.107. The van der Waals surface area contributed by atoms with E-state index in [2.05, 4.69) is 16.4 Å². The van der Waals surface area contributed by atoms with Gasteiger partial charge in [0.25, 0.3) is 5.91 Å². The van der Waals surface area contributed by atoms with Crippen molar-refractivity contribution >= 4 is 28.4 Å². The van der Waals surface area contributed by atoms with E-state index < -0.39 is 0 Å². The predicted octanol–water partition coefficient (Wildman–Crippen LogP) is 4.18. The van der Waals surface area contributed by atoms with Crippen molar-refractivity contribution in [3.05, 3.63) is 40.0 Å². The molecule has 1 aromatic heterocycles. The fraction of sp³-hybridized carbons (Fsp3) is 0.500. The van der Waals surface area contributed by atoms with Crippen LogP contribution in [0.4, 0.5) is 0 Å². The van der Waals surface area contributed by atoms with Crippen LogP contribution in [0.5, 0.6) is 0 Å². The first kappa shape index (κ1) is 18.2. The van der Waals surface area contributed by atoms with Crippen LogP contribution in [0.15, 0.2) is 18.2 Å². The molecule has 0 atom stereocenters. The molecule has 0 saturated heterocycles. The molecule has 2 N–H and O–H groups in total. The molecule has 0 radical (unpaired) electrons. The Balaban J connectivity index is 1.83. The Morgan fingerprint density at radius 3 is 2.64 bits per heavy atom. The second-order valence-corrected chi connectivity index (χ2v) is 7.74. The monoisotopic (exact) mass is 360 g/mol. The van der Waals surface area contributed by atoms with Crippen LogP contribution >= 0.6 is 11.6 Å². The van der Waals surface area contributed by atoms with Crippen molar-refractivity contribution in [3.8, 4) is 0 Å². The molecule has 0 aliphatic heterocycles. The highest BCUT2D eigenvalue weighted by molar-refractivity contribution is 6.33. The number of halogens is 1. The lowest BCUT2D eigenvalue weighted by molar-refractivity contribution is 0.0718. The molecule has 1 aliphatic carbocycles. The van der Waals surface area contributed by atoms with Crippen molar-refractivity contribution in [1.82, 2.24) is 10.3 Å². The van der Waals surface area contributed by atoms with Crippen LogP contribution in [0.25, 0.3) is 10.9 Å². The van der Waals surface area contributed by atoms with E-state index in [0.29, 0.717) is 12.1 Å². The highest BCUT2D eigenvalue weighted by Crippen LogP contribution is 2.35. The maximum Gasteiger partial charge on any atom is 0.254 e. The van der Waals surface area contributed by atoms with Crippen molar-refractivity contribution in [2.75, 3.05) is 13.2 Å². The number of benzene rings is 1. The number of hydrogen-bond acceptors (Lipinski definition) is 3. The van der Waals surface area contributed by atoms with E-state index in [1.54, 1.807) is 0 Å². The second kappa shape index (κ2) is 7.30. The van der Waals surface area contributed by atoms with E-state index in [9.17, 15) is 9.90 Å². The smallest absolute Gasteiger partial charge is 0.254 e. The van der Waals surface area contributed by atoms with Crippen molar-refractivity contribution in [2.45, 2.75) is 46.0 Å². The summed E-state index contributed by atoms with van der Waals surface area (Å²) in [5.74, 6) is -0.225.